The normalized spacial score (nSPS) is 18.3. The molecule has 1 amide bonds. The van der Waals surface area contributed by atoms with E-state index in [1.807, 2.05) is 24.3 Å². The topological polar surface area (TPSA) is 77.5 Å². The summed E-state index contributed by atoms with van der Waals surface area (Å²) in [7, 11) is 4.44. The van der Waals surface area contributed by atoms with Crippen LogP contribution in [0.4, 0.5) is 0 Å². The number of methoxy groups -OCH3 is 3. The van der Waals surface area contributed by atoms with E-state index in [0.29, 0.717) is 17.1 Å². The van der Waals surface area contributed by atoms with Crippen molar-refractivity contribution < 1.29 is 28.5 Å². The number of benzene rings is 2. The number of morpholine rings is 1. The Morgan fingerprint density at radius 3 is 2.06 bits per heavy atom. The Bertz CT molecular complexity index is 946. The molecular formula is C26H34N2O6. The van der Waals surface area contributed by atoms with Crippen molar-refractivity contribution in [2.75, 3.05) is 41.0 Å². The molecule has 0 saturated carbocycles. The monoisotopic (exact) mass is 470 g/mol. The highest BCUT2D eigenvalue weighted by Gasteiger charge is 2.23. The molecule has 3 rings (SSSR count). The van der Waals surface area contributed by atoms with E-state index in [1.54, 1.807) is 32.4 Å². The molecule has 0 aromatic heterocycles. The Labute approximate surface area is 201 Å². The van der Waals surface area contributed by atoms with Crippen molar-refractivity contribution in [2.45, 2.75) is 39.1 Å². The van der Waals surface area contributed by atoms with Gasteiger partial charge in [0.25, 0.3) is 5.91 Å². The number of carbonyl (C=O) groups excluding carboxylic acids is 2. The predicted molar refractivity (Wildman–Crippen MR) is 128 cm³/mol. The van der Waals surface area contributed by atoms with Crippen LogP contribution in [0.2, 0.25) is 0 Å². The van der Waals surface area contributed by atoms with Crippen LogP contribution in [-0.2, 0) is 27.4 Å². The van der Waals surface area contributed by atoms with E-state index < -0.39 is 5.97 Å². The van der Waals surface area contributed by atoms with Crippen LogP contribution in [0.5, 0.6) is 11.5 Å². The van der Waals surface area contributed by atoms with Crippen LogP contribution in [0.25, 0.3) is 0 Å². The average molecular weight is 471 g/mol. The van der Waals surface area contributed by atoms with Crippen LogP contribution in [-0.4, -0.2) is 74.8 Å². The molecular weight excluding hydrogens is 436 g/mol. The minimum Gasteiger partial charge on any atom is -0.497 e. The molecule has 1 saturated heterocycles. The number of amides is 1. The summed E-state index contributed by atoms with van der Waals surface area (Å²) in [6, 6.07) is 12.9. The number of carbonyl (C=O) groups is 2. The third kappa shape index (κ3) is 6.95. The van der Waals surface area contributed by atoms with Gasteiger partial charge in [-0.15, -0.1) is 0 Å². The molecule has 8 nitrogen and oxygen atoms in total. The zero-order valence-corrected chi connectivity index (χ0v) is 20.6. The van der Waals surface area contributed by atoms with E-state index in [-0.39, 0.29) is 31.2 Å². The van der Waals surface area contributed by atoms with Gasteiger partial charge in [-0.3, -0.25) is 14.5 Å². The summed E-state index contributed by atoms with van der Waals surface area (Å²) in [6.07, 6.45) is 0.401. The first kappa shape index (κ1) is 25.5. The number of esters is 1. The first-order valence-corrected chi connectivity index (χ1v) is 11.4. The van der Waals surface area contributed by atoms with Crippen molar-refractivity contribution in [3.8, 4) is 11.5 Å². The highest BCUT2D eigenvalue weighted by atomic mass is 16.5. The van der Waals surface area contributed by atoms with Crippen molar-refractivity contribution in [2.24, 2.45) is 0 Å². The van der Waals surface area contributed by atoms with Gasteiger partial charge in [0.15, 0.2) is 0 Å². The van der Waals surface area contributed by atoms with Gasteiger partial charge < -0.3 is 23.8 Å². The Morgan fingerprint density at radius 2 is 1.53 bits per heavy atom. The fourth-order valence-corrected chi connectivity index (χ4v) is 4.20. The van der Waals surface area contributed by atoms with Crippen molar-refractivity contribution >= 4 is 11.9 Å². The molecule has 1 aliphatic rings. The summed E-state index contributed by atoms with van der Waals surface area (Å²) in [5, 5.41) is 0. The van der Waals surface area contributed by atoms with Gasteiger partial charge in [0, 0.05) is 37.8 Å². The SMILES string of the molecule is COC(=O)CN(Cc1cc(OC)cc(OC)c1)C(=O)c1ccc(CN2CC(C)OC(C)C2)cc1. The van der Waals surface area contributed by atoms with E-state index in [4.69, 9.17) is 18.9 Å². The molecule has 2 unspecified atom stereocenters. The number of ether oxygens (including phenoxy) is 4. The van der Waals surface area contributed by atoms with Crippen LogP contribution in [0.3, 0.4) is 0 Å². The predicted octanol–water partition coefficient (Wildman–Crippen LogP) is 3.13. The minimum atomic E-state index is -0.490. The number of nitrogens with zero attached hydrogens (tertiary/aromatic N) is 2. The highest BCUT2D eigenvalue weighted by Crippen LogP contribution is 2.24. The van der Waals surface area contributed by atoms with Crippen molar-refractivity contribution in [3.05, 3.63) is 59.2 Å². The highest BCUT2D eigenvalue weighted by molar-refractivity contribution is 5.96. The van der Waals surface area contributed by atoms with Crippen LogP contribution in [0, 0.1) is 0 Å². The summed E-state index contributed by atoms with van der Waals surface area (Å²) in [5.41, 5.74) is 2.40. The lowest BCUT2D eigenvalue weighted by Gasteiger charge is -2.35. The van der Waals surface area contributed by atoms with Crippen LogP contribution >= 0.6 is 0 Å². The quantitative estimate of drug-likeness (QED) is 0.521. The van der Waals surface area contributed by atoms with Crippen LogP contribution in [0.15, 0.2) is 42.5 Å². The maximum atomic E-state index is 13.3. The summed E-state index contributed by atoms with van der Waals surface area (Å²) >= 11 is 0. The van der Waals surface area contributed by atoms with E-state index in [0.717, 1.165) is 30.8 Å². The molecule has 0 spiro atoms. The van der Waals surface area contributed by atoms with E-state index in [1.165, 1.54) is 12.0 Å². The minimum absolute atomic E-state index is 0.167. The lowest BCUT2D eigenvalue weighted by molar-refractivity contribution is -0.141. The molecule has 8 heteroatoms. The van der Waals surface area contributed by atoms with E-state index in [9.17, 15) is 9.59 Å². The van der Waals surface area contributed by atoms with Gasteiger partial charge in [0.2, 0.25) is 0 Å². The van der Waals surface area contributed by atoms with Gasteiger partial charge in [-0.05, 0) is 49.2 Å². The molecule has 0 aliphatic carbocycles. The lowest BCUT2D eigenvalue weighted by Crippen LogP contribution is -2.44. The maximum Gasteiger partial charge on any atom is 0.325 e. The van der Waals surface area contributed by atoms with E-state index in [2.05, 4.69) is 18.7 Å². The van der Waals surface area contributed by atoms with Crippen molar-refractivity contribution in [1.29, 1.82) is 0 Å². The molecule has 1 heterocycles. The maximum absolute atomic E-state index is 13.3. The number of rotatable bonds is 9. The van der Waals surface area contributed by atoms with Gasteiger partial charge in [0.1, 0.15) is 18.0 Å². The summed E-state index contributed by atoms with van der Waals surface area (Å²) in [5.74, 6) is 0.467. The Kier molecular flexibility index (Phi) is 8.90. The molecule has 0 bridgehead atoms. The van der Waals surface area contributed by atoms with Gasteiger partial charge in [-0.25, -0.2) is 0 Å². The fraction of sp³-hybridized carbons (Fsp3) is 0.462. The zero-order valence-electron chi connectivity index (χ0n) is 20.6. The Balaban J connectivity index is 1.75. The first-order valence-electron chi connectivity index (χ1n) is 11.4. The lowest BCUT2D eigenvalue weighted by atomic mass is 10.1. The van der Waals surface area contributed by atoms with Gasteiger partial charge in [-0.2, -0.15) is 0 Å². The second-order valence-electron chi connectivity index (χ2n) is 8.61. The van der Waals surface area contributed by atoms with Crippen molar-refractivity contribution in [3.63, 3.8) is 0 Å². The molecule has 1 fully saturated rings. The van der Waals surface area contributed by atoms with Gasteiger partial charge in [0.05, 0.1) is 33.5 Å². The zero-order chi connectivity index (χ0) is 24.7. The third-order valence-electron chi connectivity index (χ3n) is 5.72. The van der Waals surface area contributed by atoms with Crippen LogP contribution < -0.4 is 9.47 Å². The second-order valence-corrected chi connectivity index (χ2v) is 8.61. The number of hydrogen-bond acceptors (Lipinski definition) is 7. The Morgan fingerprint density at radius 1 is 0.941 bits per heavy atom. The largest absolute Gasteiger partial charge is 0.497 e. The van der Waals surface area contributed by atoms with Gasteiger partial charge >= 0.3 is 5.97 Å². The van der Waals surface area contributed by atoms with Crippen molar-refractivity contribution in [1.82, 2.24) is 9.80 Å². The molecule has 2 atom stereocenters. The molecule has 0 radical (unpaired) electrons. The first-order chi connectivity index (χ1) is 16.3. The third-order valence-corrected chi connectivity index (χ3v) is 5.72. The molecule has 0 N–H and O–H groups in total. The smallest absolute Gasteiger partial charge is 0.325 e. The van der Waals surface area contributed by atoms with E-state index >= 15 is 0 Å². The fourth-order valence-electron chi connectivity index (χ4n) is 4.20. The molecule has 2 aromatic carbocycles. The number of hydrogen-bond donors (Lipinski definition) is 0. The molecule has 2 aromatic rings. The molecule has 184 valence electrons. The summed E-state index contributed by atoms with van der Waals surface area (Å²) in [6.45, 7) is 6.75. The molecule has 1 aliphatic heterocycles. The summed E-state index contributed by atoms with van der Waals surface area (Å²) in [4.78, 5) is 29.2. The standard InChI is InChI=1S/C26H34N2O6/c1-18-13-27(14-19(2)34-18)15-20-6-8-22(9-7-20)26(30)28(17-25(29)33-5)16-21-10-23(31-3)12-24(11-21)32-4/h6-12,18-19H,13-17H2,1-5H3. The molecule has 34 heavy (non-hydrogen) atoms. The average Bonchev–Trinajstić information content (AvgIpc) is 2.82. The Hall–Kier alpha value is -3.10. The van der Waals surface area contributed by atoms with Crippen LogP contribution in [0.1, 0.15) is 35.3 Å². The summed E-state index contributed by atoms with van der Waals surface area (Å²) < 4.78 is 21.3. The second kappa shape index (κ2) is 11.9. The van der Waals surface area contributed by atoms with Gasteiger partial charge in [-0.1, -0.05) is 12.1 Å².